The number of ether oxygens (including phenoxy) is 3. The van der Waals surface area contributed by atoms with Crippen molar-refractivity contribution in [3.05, 3.63) is 71.2 Å². The molecular formula is C26H29N5O5. The van der Waals surface area contributed by atoms with Gasteiger partial charge in [0.2, 0.25) is 11.8 Å². The summed E-state index contributed by atoms with van der Waals surface area (Å²) in [6.07, 6.45) is 8.03. The summed E-state index contributed by atoms with van der Waals surface area (Å²) < 4.78 is 22.0. The van der Waals surface area contributed by atoms with Crippen molar-refractivity contribution in [3.8, 4) is 5.75 Å². The summed E-state index contributed by atoms with van der Waals surface area (Å²) in [5.74, 6) is 2.40. The number of aromatic nitrogens is 1. The van der Waals surface area contributed by atoms with Crippen molar-refractivity contribution < 1.29 is 23.5 Å². The molecule has 1 heterocycles. The highest BCUT2D eigenvalue weighted by molar-refractivity contribution is 6.12. The van der Waals surface area contributed by atoms with Gasteiger partial charge in [0, 0.05) is 36.9 Å². The van der Waals surface area contributed by atoms with E-state index < -0.39 is 6.03 Å². The molecule has 2 aromatic rings. The van der Waals surface area contributed by atoms with Crippen LogP contribution in [0.3, 0.4) is 0 Å². The van der Waals surface area contributed by atoms with Gasteiger partial charge < -0.3 is 24.1 Å². The van der Waals surface area contributed by atoms with Crippen molar-refractivity contribution in [2.75, 3.05) is 31.9 Å². The molecule has 188 valence electrons. The highest BCUT2D eigenvalue weighted by Crippen LogP contribution is 2.34. The number of allylic oxidation sites excluding steroid dienone is 3. The van der Waals surface area contributed by atoms with Crippen molar-refractivity contribution in [2.24, 2.45) is 9.98 Å². The molecule has 0 radical (unpaired) electrons. The zero-order chi connectivity index (χ0) is 25.5. The third-order valence-corrected chi connectivity index (χ3v) is 5.96. The minimum Gasteiger partial charge on any atom is -0.493 e. The molecule has 2 aliphatic carbocycles. The first-order chi connectivity index (χ1) is 17.5. The fourth-order valence-electron chi connectivity index (χ4n) is 4.18. The molecule has 0 unspecified atom stereocenters. The van der Waals surface area contributed by atoms with Crippen molar-refractivity contribution >= 4 is 30.0 Å². The second-order valence-corrected chi connectivity index (χ2v) is 8.22. The standard InChI is InChI=1S/C26H29N5O5/c1-27-21-14-23(34-4)22(33-3)13-19(21)25(28-2)35-18-11-7-10-17(12-18)29-26(32)30-24-15-20(31-36-24)16-8-5-6-9-16/h7,10-16H,2,5-6,8-9H2,1,3-4H3,(H2,29,30,32)/b25-19+,27-21-. The van der Waals surface area contributed by atoms with Crippen LogP contribution in [0, 0.1) is 0 Å². The molecule has 4 rings (SSSR count). The van der Waals surface area contributed by atoms with Gasteiger partial charge in [0.1, 0.15) is 5.75 Å². The highest BCUT2D eigenvalue weighted by atomic mass is 16.5. The largest absolute Gasteiger partial charge is 0.493 e. The fraction of sp³-hybridized carbons (Fsp3) is 0.308. The van der Waals surface area contributed by atoms with E-state index in [1.54, 1.807) is 63.8 Å². The Morgan fingerprint density at radius 2 is 1.86 bits per heavy atom. The van der Waals surface area contributed by atoms with Gasteiger partial charge in [0.25, 0.3) is 0 Å². The van der Waals surface area contributed by atoms with Crippen LogP contribution in [0.2, 0.25) is 0 Å². The molecular weight excluding hydrogens is 462 g/mol. The lowest BCUT2D eigenvalue weighted by Gasteiger charge is -2.18. The number of nitrogens with one attached hydrogen (secondary N) is 2. The Balaban J connectivity index is 1.46. The number of carbonyl (C=O) groups excluding carboxylic acids is 1. The van der Waals surface area contributed by atoms with E-state index >= 15 is 0 Å². The smallest absolute Gasteiger partial charge is 0.326 e. The third-order valence-electron chi connectivity index (χ3n) is 5.96. The quantitative estimate of drug-likeness (QED) is 0.376. The van der Waals surface area contributed by atoms with Crippen LogP contribution < -0.4 is 15.4 Å². The molecule has 10 heteroatoms. The number of hydrogen-bond donors (Lipinski definition) is 2. The molecule has 1 aromatic heterocycles. The number of nitrogens with zero attached hydrogens (tertiary/aromatic N) is 3. The molecule has 0 spiro atoms. The first kappa shape index (κ1) is 24.8. The van der Waals surface area contributed by atoms with Crippen LogP contribution in [0.4, 0.5) is 16.4 Å². The summed E-state index contributed by atoms with van der Waals surface area (Å²) in [5, 5.41) is 9.55. The average molecular weight is 492 g/mol. The summed E-state index contributed by atoms with van der Waals surface area (Å²) in [6.45, 7) is 3.63. The van der Waals surface area contributed by atoms with Gasteiger partial charge in [-0.2, -0.15) is 0 Å². The maximum absolute atomic E-state index is 12.5. The van der Waals surface area contributed by atoms with Crippen LogP contribution in [-0.4, -0.2) is 44.9 Å². The van der Waals surface area contributed by atoms with Crippen LogP contribution in [0.15, 0.2) is 80.0 Å². The molecule has 10 nitrogen and oxygen atoms in total. The number of hydrogen-bond acceptors (Lipinski definition) is 8. The van der Waals surface area contributed by atoms with Gasteiger partial charge in [-0.25, -0.2) is 9.79 Å². The minimum atomic E-state index is -0.459. The predicted molar refractivity (Wildman–Crippen MR) is 138 cm³/mol. The lowest BCUT2D eigenvalue weighted by Crippen LogP contribution is -2.19. The second kappa shape index (κ2) is 11.4. The number of urea groups is 1. The number of methoxy groups -OCH3 is 2. The lowest BCUT2D eigenvalue weighted by molar-refractivity contribution is 0.220. The van der Waals surface area contributed by atoms with E-state index in [0.717, 1.165) is 18.5 Å². The van der Waals surface area contributed by atoms with E-state index in [0.29, 0.717) is 46.0 Å². The van der Waals surface area contributed by atoms with Crippen molar-refractivity contribution in [1.82, 2.24) is 5.16 Å². The summed E-state index contributed by atoms with van der Waals surface area (Å²) in [5.41, 5.74) is 2.56. The molecule has 0 saturated heterocycles. The van der Waals surface area contributed by atoms with E-state index in [4.69, 9.17) is 18.7 Å². The zero-order valence-electron chi connectivity index (χ0n) is 20.5. The van der Waals surface area contributed by atoms with E-state index in [2.05, 4.69) is 32.5 Å². The average Bonchev–Trinajstić information content (AvgIpc) is 3.59. The van der Waals surface area contributed by atoms with E-state index in [1.165, 1.54) is 12.8 Å². The molecule has 0 bridgehead atoms. The lowest BCUT2D eigenvalue weighted by atomic mass is 10.0. The SMILES string of the molecule is C=N/C(Oc1cccc(NC(=O)Nc2cc(C3CCCC3)no2)c1)=C1/C=C(OC)C(OC)=C/C1=N/C. The van der Waals surface area contributed by atoms with Gasteiger partial charge in [0.15, 0.2) is 11.5 Å². The topological polar surface area (TPSA) is 120 Å². The Hall–Kier alpha value is -4.34. The van der Waals surface area contributed by atoms with Crippen molar-refractivity contribution in [3.63, 3.8) is 0 Å². The van der Waals surface area contributed by atoms with Crippen LogP contribution in [0.5, 0.6) is 5.75 Å². The molecule has 2 N–H and O–H groups in total. The van der Waals surface area contributed by atoms with Crippen LogP contribution >= 0.6 is 0 Å². The molecule has 1 saturated carbocycles. The Morgan fingerprint density at radius 1 is 1.11 bits per heavy atom. The van der Waals surface area contributed by atoms with Gasteiger partial charge >= 0.3 is 6.03 Å². The molecule has 1 fully saturated rings. The van der Waals surface area contributed by atoms with Crippen molar-refractivity contribution in [1.29, 1.82) is 0 Å². The Kier molecular flexibility index (Phi) is 7.84. The first-order valence-electron chi connectivity index (χ1n) is 11.6. The van der Waals surface area contributed by atoms with Crippen molar-refractivity contribution in [2.45, 2.75) is 31.6 Å². The molecule has 36 heavy (non-hydrogen) atoms. The summed E-state index contributed by atoms with van der Waals surface area (Å²) in [7, 11) is 4.75. The molecule has 0 atom stereocenters. The number of carbonyl (C=O) groups is 1. The van der Waals surface area contributed by atoms with Crippen LogP contribution in [0.1, 0.15) is 37.3 Å². The number of amides is 2. The summed E-state index contributed by atoms with van der Waals surface area (Å²) >= 11 is 0. The van der Waals surface area contributed by atoms with Gasteiger partial charge in [-0.05, 0) is 37.8 Å². The van der Waals surface area contributed by atoms with Crippen LogP contribution in [0.25, 0.3) is 0 Å². The maximum Gasteiger partial charge on any atom is 0.326 e. The summed E-state index contributed by atoms with van der Waals surface area (Å²) in [4.78, 5) is 20.8. The molecule has 2 amide bonds. The summed E-state index contributed by atoms with van der Waals surface area (Å²) in [6, 6.07) is 8.21. The number of benzene rings is 1. The molecule has 0 aliphatic heterocycles. The van der Waals surface area contributed by atoms with Crippen LogP contribution in [-0.2, 0) is 9.47 Å². The normalized spacial score (nSPS) is 18.2. The number of aliphatic imine (C=N–C) groups is 2. The van der Waals surface area contributed by atoms with E-state index in [1.807, 2.05) is 0 Å². The third kappa shape index (κ3) is 5.65. The molecule has 1 aromatic carbocycles. The Labute approximate surface area is 209 Å². The van der Waals surface area contributed by atoms with Gasteiger partial charge in [-0.3, -0.25) is 10.3 Å². The minimum absolute atomic E-state index is 0.222. The predicted octanol–water partition coefficient (Wildman–Crippen LogP) is 5.41. The van der Waals surface area contributed by atoms with E-state index in [9.17, 15) is 4.79 Å². The highest BCUT2D eigenvalue weighted by Gasteiger charge is 2.23. The second-order valence-electron chi connectivity index (χ2n) is 8.22. The Morgan fingerprint density at radius 3 is 2.56 bits per heavy atom. The first-order valence-corrected chi connectivity index (χ1v) is 11.6. The maximum atomic E-state index is 12.5. The number of rotatable bonds is 8. The number of anilines is 2. The monoisotopic (exact) mass is 491 g/mol. The van der Waals surface area contributed by atoms with Gasteiger partial charge in [0.05, 0.1) is 31.2 Å². The molecule has 2 aliphatic rings. The van der Waals surface area contributed by atoms with E-state index in [-0.39, 0.29) is 5.88 Å². The van der Waals surface area contributed by atoms with Gasteiger partial charge in [-0.15, -0.1) is 0 Å². The fourth-order valence-corrected chi connectivity index (χ4v) is 4.18. The van der Waals surface area contributed by atoms with Gasteiger partial charge in [-0.1, -0.05) is 24.1 Å². The zero-order valence-corrected chi connectivity index (χ0v) is 20.5. The Bertz CT molecular complexity index is 1250.